The average Bonchev–Trinajstić information content (AvgIpc) is 2.41. The molecule has 1 heterocycles. The summed E-state index contributed by atoms with van der Waals surface area (Å²) in [5.41, 5.74) is 1.36. The van der Waals surface area contributed by atoms with Crippen LogP contribution in [0.5, 0.6) is 0 Å². The van der Waals surface area contributed by atoms with Crippen LogP contribution in [0.25, 0.3) is 0 Å². The van der Waals surface area contributed by atoms with E-state index in [2.05, 4.69) is 0 Å². The Morgan fingerprint density at radius 2 is 1.83 bits per heavy atom. The molecule has 4 heteroatoms. The lowest BCUT2D eigenvalue weighted by atomic mass is 10.1. The molecule has 0 bridgehead atoms. The summed E-state index contributed by atoms with van der Waals surface area (Å²) in [7, 11) is 1.36. The molecule has 0 N–H and O–H groups in total. The SMILES string of the molecule is COC(=O)c1ccccc1Cn1ccc(=O)cc1. The number of esters is 1. The largest absolute Gasteiger partial charge is 0.465 e. The van der Waals surface area contributed by atoms with Crippen LogP contribution in [-0.2, 0) is 11.3 Å². The van der Waals surface area contributed by atoms with E-state index in [1.165, 1.54) is 19.2 Å². The van der Waals surface area contributed by atoms with Crippen LogP contribution in [0.15, 0.2) is 53.6 Å². The van der Waals surface area contributed by atoms with Crippen LogP contribution < -0.4 is 5.43 Å². The van der Waals surface area contributed by atoms with E-state index in [1.54, 1.807) is 24.5 Å². The summed E-state index contributed by atoms with van der Waals surface area (Å²) in [4.78, 5) is 22.6. The van der Waals surface area contributed by atoms with Crippen molar-refractivity contribution in [1.29, 1.82) is 0 Å². The van der Waals surface area contributed by atoms with Gasteiger partial charge in [-0.2, -0.15) is 0 Å². The number of rotatable bonds is 3. The molecule has 2 rings (SSSR count). The van der Waals surface area contributed by atoms with Crippen molar-refractivity contribution in [3.8, 4) is 0 Å². The minimum atomic E-state index is -0.355. The standard InChI is InChI=1S/C14H13NO3/c1-18-14(17)13-5-3-2-4-11(13)10-15-8-6-12(16)7-9-15/h2-9H,10H2,1H3. The highest BCUT2D eigenvalue weighted by Crippen LogP contribution is 2.11. The summed E-state index contributed by atoms with van der Waals surface area (Å²) in [5.74, 6) is -0.355. The Morgan fingerprint density at radius 3 is 2.50 bits per heavy atom. The number of aromatic nitrogens is 1. The first-order valence-electron chi connectivity index (χ1n) is 5.53. The smallest absolute Gasteiger partial charge is 0.338 e. The van der Waals surface area contributed by atoms with Crippen molar-refractivity contribution in [2.45, 2.75) is 6.54 Å². The minimum Gasteiger partial charge on any atom is -0.465 e. The van der Waals surface area contributed by atoms with Gasteiger partial charge < -0.3 is 9.30 Å². The molecular formula is C14H13NO3. The van der Waals surface area contributed by atoms with Crippen LogP contribution in [0.2, 0.25) is 0 Å². The first-order valence-corrected chi connectivity index (χ1v) is 5.53. The Balaban J connectivity index is 2.31. The van der Waals surface area contributed by atoms with E-state index in [4.69, 9.17) is 4.74 Å². The van der Waals surface area contributed by atoms with Crippen molar-refractivity contribution in [1.82, 2.24) is 4.57 Å². The lowest BCUT2D eigenvalue weighted by Crippen LogP contribution is -2.10. The number of carbonyl (C=O) groups excluding carboxylic acids is 1. The van der Waals surface area contributed by atoms with Crippen LogP contribution in [-0.4, -0.2) is 17.6 Å². The topological polar surface area (TPSA) is 48.3 Å². The van der Waals surface area contributed by atoms with Crippen molar-refractivity contribution in [3.05, 3.63) is 70.1 Å². The molecule has 18 heavy (non-hydrogen) atoms. The monoisotopic (exact) mass is 243 g/mol. The van der Waals surface area contributed by atoms with E-state index < -0.39 is 0 Å². The second kappa shape index (κ2) is 5.31. The number of ether oxygens (including phenoxy) is 1. The highest BCUT2D eigenvalue weighted by atomic mass is 16.5. The Morgan fingerprint density at radius 1 is 1.17 bits per heavy atom. The summed E-state index contributed by atoms with van der Waals surface area (Å²) in [6.07, 6.45) is 3.38. The van der Waals surface area contributed by atoms with E-state index in [0.29, 0.717) is 12.1 Å². The van der Waals surface area contributed by atoms with Gasteiger partial charge in [-0.05, 0) is 11.6 Å². The van der Waals surface area contributed by atoms with Crippen LogP contribution in [0.3, 0.4) is 0 Å². The summed E-state index contributed by atoms with van der Waals surface area (Å²) >= 11 is 0. The van der Waals surface area contributed by atoms with E-state index >= 15 is 0 Å². The summed E-state index contributed by atoms with van der Waals surface area (Å²) < 4.78 is 6.57. The molecule has 0 spiro atoms. The van der Waals surface area contributed by atoms with Crippen molar-refractivity contribution in [2.24, 2.45) is 0 Å². The lowest BCUT2D eigenvalue weighted by Gasteiger charge is -2.09. The van der Waals surface area contributed by atoms with Gasteiger partial charge in [0.25, 0.3) is 0 Å². The zero-order chi connectivity index (χ0) is 13.0. The molecule has 0 radical (unpaired) electrons. The molecule has 4 nitrogen and oxygen atoms in total. The van der Waals surface area contributed by atoms with Gasteiger partial charge in [-0.15, -0.1) is 0 Å². The molecule has 1 aromatic heterocycles. The summed E-state index contributed by atoms with van der Waals surface area (Å²) in [5, 5.41) is 0. The third kappa shape index (κ3) is 2.66. The van der Waals surface area contributed by atoms with E-state index in [9.17, 15) is 9.59 Å². The van der Waals surface area contributed by atoms with Gasteiger partial charge in [-0.3, -0.25) is 4.79 Å². The Bertz CT molecular complexity index is 596. The average molecular weight is 243 g/mol. The van der Waals surface area contributed by atoms with Crippen molar-refractivity contribution in [2.75, 3.05) is 7.11 Å². The Labute approximate surface area is 104 Å². The fraction of sp³-hybridized carbons (Fsp3) is 0.143. The number of hydrogen-bond donors (Lipinski definition) is 0. The van der Waals surface area contributed by atoms with Gasteiger partial charge in [0, 0.05) is 31.1 Å². The molecule has 2 aromatic rings. The molecule has 0 aliphatic carbocycles. The van der Waals surface area contributed by atoms with Crippen LogP contribution in [0.1, 0.15) is 15.9 Å². The van der Waals surface area contributed by atoms with Crippen molar-refractivity contribution < 1.29 is 9.53 Å². The highest BCUT2D eigenvalue weighted by molar-refractivity contribution is 5.90. The van der Waals surface area contributed by atoms with Gasteiger partial charge in [-0.1, -0.05) is 18.2 Å². The molecular weight excluding hydrogens is 230 g/mol. The molecule has 0 amide bonds. The molecule has 0 fully saturated rings. The van der Waals surface area contributed by atoms with Gasteiger partial charge >= 0.3 is 5.97 Å². The fourth-order valence-electron chi connectivity index (χ4n) is 1.71. The van der Waals surface area contributed by atoms with Crippen molar-refractivity contribution >= 4 is 5.97 Å². The molecule has 0 saturated heterocycles. The summed E-state index contributed by atoms with van der Waals surface area (Å²) in [6.45, 7) is 0.519. The predicted molar refractivity (Wildman–Crippen MR) is 67.6 cm³/mol. The molecule has 1 aromatic carbocycles. The first kappa shape index (κ1) is 12.1. The molecule has 0 saturated carbocycles. The van der Waals surface area contributed by atoms with Crippen LogP contribution in [0, 0.1) is 0 Å². The van der Waals surface area contributed by atoms with Gasteiger partial charge in [0.15, 0.2) is 5.43 Å². The molecule has 0 atom stereocenters. The summed E-state index contributed by atoms with van der Waals surface area (Å²) in [6, 6.07) is 10.2. The number of nitrogens with zero attached hydrogens (tertiary/aromatic N) is 1. The molecule has 0 unspecified atom stereocenters. The number of carbonyl (C=O) groups is 1. The first-order chi connectivity index (χ1) is 8.70. The maximum Gasteiger partial charge on any atom is 0.338 e. The maximum absolute atomic E-state index is 11.6. The van der Waals surface area contributed by atoms with Crippen LogP contribution in [0.4, 0.5) is 0 Å². The quantitative estimate of drug-likeness (QED) is 0.771. The van der Waals surface area contributed by atoms with Crippen LogP contribution >= 0.6 is 0 Å². The Hall–Kier alpha value is -2.36. The van der Waals surface area contributed by atoms with E-state index in [-0.39, 0.29) is 11.4 Å². The third-order valence-corrected chi connectivity index (χ3v) is 2.64. The maximum atomic E-state index is 11.6. The van der Waals surface area contributed by atoms with Gasteiger partial charge in [-0.25, -0.2) is 4.79 Å². The van der Waals surface area contributed by atoms with Crippen molar-refractivity contribution in [3.63, 3.8) is 0 Å². The zero-order valence-corrected chi connectivity index (χ0v) is 10.00. The van der Waals surface area contributed by atoms with Gasteiger partial charge in [0.05, 0.1) is 12.7 Å². The molecule has 92 valence electrons. The number of benzene rings is 1. The van der Waals surface area contributed by atoms with E-state index in [0.717, 1.165) is 5.56 Å². The number of pyridine rings is 1. The normalized spacial score (nSPS) is 10.1. The lowest BCUT2D eigenvalue weighted by molar-refractivity contribution is 0.0599. The minimum absolute atomic E-state index is 0.0347. The highest BCUT2D eigenvalue weighted by Gasteiger charge is 2.10. The van der Waals surface area contributed by atoms with E-state index in [1.807, 2.05) is 16.7 Å². The van der Waals surface area contributed by atoms with Gasteiger partial charge in [0.1, 0.15) is 0 Å². The zero-order valence-electron chi connectivity index (χ0n) is 10.00. The number of methoxy groups -OCH3 is 1. The van der Waals surface area contributed by atoms with Gasteiger partial charge in [0.2, 0.25) is 0 Å². The Kier molecular flexibility index (Phi) is 3.57. The second-order valence-electron chi connectivity index (χ2n) is 3.85. The fourth-order valence-corrected chi connectivity index (χ4v) is 1.71. The molecule has 0 aliphatic heterocycles. The third-order valence-electron chi connectivity index (χ3n) is 2.64. The predicted octanol–water partition coefficient (Wildman–Crippen LogP) is 1.68. The molecule has 0 aliphatic rings. The second-order valence-corrected chi connectivity index (χ2v) is 3.85. The number of hydrogen-bond acceptors (Lipinski definition) is 3.